The molecule has 0 N–H and O–H groups in total. The molecule has 0 bridgehead atoms. The van der Waals surface area contributed by atoms with Crippen molar-refractivity contribution in [3.05, 3.63) is 0 Å². The van der Waals surface area contributed by atoms with Crippen molar-refractivity contribution in [2.45, 2.75) is 37.3 Å². The van der Waals surface area contributed by atoms with E-state index in [-0.39, 0.29) is 0 Å². The van der Waals surface area contributed by atoms with E-state index in [1.165, 1.54) is 23.4 Å². The zero-order chi connectivity index (χ0) is 9.78. The molecule has 0 aliphatic carbocycles. The molecule has 0 saturated heterocycles. The van der Waals surface area contributed by atoms with Crippen molar-refractivity contribution in [3.63, 3.8) is 0 Å². The molecular formula is C10H22AlO2+. The summed E-state index contributed by atoms with van der Waals surface area (Å²) in [5.74, 6) is 0. The van der Waals surface area contributed by atoms with Gasteiger partial charge in [-0.3, -0.25) is 0 Å². The first-order valence-electron chi connectivity index (χ1n) is 5.39. The molecule has 0 atom stereocenters. The second-order valence-electron chi connectivity index (χ2n) is 2.97. The van der Waals surface area contributed by atoms with Gasteiger partial charge < -0.3 is 0 Å². The average molecular weight is 201 g/mol. The Hall–Kier alpha value is 0.452. The molecule has 3 heteroatoms. The summed E-state index contributed by atoms with van der Waals surface area (Å²) in [6, 6.07) is 0. The van der Waals surface area contributed by atoms with Crippen LogP contribution in [0, 0.1) is 0 Å². The molecule has 0 aromatic heterocycles. The number of ether oxygens (including phenoxy) is 2. The van der Waals surface area contributed by atoms with E-state index in [4.69, 9.17) is 9.47 Å². The summed E-state index contributed by atoms with van der Waals surface area (Å²) >= 11 is 0.645. The third-order valence-corrected chi connectivity index (χ3v) is 3.44. The van der Waals surface area contributed by atoms with Crippen LogP contribution in [0.25, 0.3) is 0 Å². The van der Waals surface area contributed by atoms with Crippen molar-refractivity contribution in [2.24, 2.45) is 0 Å². The van der Waals surface area contributed by atoms with Crippen LogP contribution in [-0.4, -0.2) is 41.6 Å². The minimum atomic E-state index is 0.645. The van der Waals surface area contributed by atoms with Gasteiger partial charge in [0.05, 0.1) is 0 Å². The summed E-state index contributed by atoms with van der Waals surface area (Å²) in [5, 5.41) is 2.76. The first-order chi connectivity index (χ1) is 6.41. The third kappa shape index (κ3) is 12.5. The van der Waals surface area contributed by atoms with Crippen LogP contribution in [0.5, 0.6) is 0 Å². The molecular weight excluding hydrogens is 179 g/mol. The zero-order valence-electron chi connectivity index (χ0n) is 9.05. The summed E-state index contributed by atoms with van der Waals surface area (Å²) in [4.78, 5) is 0. The van der Waals surface area contributed by atoms with Crippen molar-refractivity contribution >= 4 is 15.2 Å². The first kappa shape index (κ1) is 13.5. The quantitative estimate of drug-likeness (QED) is 0.399. The Labute approximate surface area is 88.7 Å². The molecule has 0 heterocycles. The fourth-order valence-corrected chi connectivity index (χ4v) is 2.29. The normalized spacial score (nSPS) is 10.0. The van der Waals surface area contributed by atoms with Crippen LogP contribution < -0.4 is 0 Å². The van der Waals surface area contributed by atoms with Crippen LogP contribution in [0.2, 0.25) is 10.6 Å². The van der Waals surface area contributed by atoms with Crippen molar-refractivity contribution in [1.82, 2.24) is 0 Å². The molecule has 13 heavy (non-hydrogen) atoms. The van der Waals surface area contributed by atoms with Crippen molar-refractivity contribution < 1.29 is 9.47 Å². The molecule has 2 nitrogen and oxygen atoms in total. The SMILES string of the molecule is CCOCC[CH2][Al+][CH2]CCOCC. The van der Waals surface area contributed by atoms with Gasteiger partial charge in [0.1, 0.15) is 0 Å². The molecule has 0 fully saturated rings. The number of hydrogen-bond acceptors (Lipinski definition) is 2. The van der Waals surface area contributed by atoms with Crippen LogP contribution in [0.4, 0.5) is 0 Å². The molecule has 76 valence electrons. The van der Waals surface area contributed by atoms with Gasteiger partial charge in [-0.05, 0) is 0 Å². The van der Waals surface area contributed by atoms with Crippen LogP contribution in [0.1, 0.15) is 26.7 Å². The predicted octanol–water partition coefficient (Wildman–Crippen LogP) is 2.38. The maximum absolute atomic E-state index is 5.27. The Morgan fingerprint density at radius 2 is 1.31 bits per heavy atom. The van der Waals surface area contributed by atoms with Gasteiger partial charge in [-0.15, -0.1) is 0 Å². The fraction of sp³-hybridized carbons (Fsp3) is 1.00. The maximum atomic E-state index is 5.27. The molecule has 0 aliphatic heterocycles. The zero-order valence-corrected chi connectivity index (χ0v) is 10.2. The van der Waals surface area contributed by atoms with E-state index < -0.39 is 0 Å². The van der Waals surface area contributed by atoms with Crippen LogP contribution in [0.3, 0.4) is 0 Å². The van der Waals surface area contributed by atoms with Gasteiger partial charge in [0.25, 0.3) is 0 Å². The van der Waals surface area contributed by atoms with Crippen molar-refractivity contribution in [2.75, 3.05) is 26.4 Å². The fourth-order valence-electron chi connectivity index (χ4n) is 1.09. The van der Waals surface area contributed by atoms with Crippen molar-refractivity contribution in [1.29, 1.82) is 0 Å². The van der Waals surface area contributed by atoms with Gasteiger partial charge in [-0.2, -0.15) is 0 Å². The van der Waals surface area contributed by atoms with Gasteiger partial charge >= 0.3 is 88.4 Å². The van der Waals surface area contributed by atoms with E-state index in [2.05, 4.69) is 13.8 Å². The molecule has 0 amide bonds. The van der Waals surface area contributed by atoms with Crippen LogP contribution in [0.15, 0.2) is 0 Å². The molecule has 0 radical (unpaired) electrons. The van der Waals surface area contributed by atoms with E-state index in [0.29, 0.717) is 15.2 Å². The summed E-state index contributed by atoms with van der Waals surface area (Å²) in [6.45, 7) is 7.73. The monoisotopic (exact) mass is 201 g/mol. The molecule has 0 rings (SSSR count). The molecule has 0 unspecified atom stereocenters. The molecule has 0 saturated carbocycles. The number of rotatable bonds is 10. The summed E-state index contributed by atoms with van der Waals surface area (Å²) in [7, 11) is 0. The summed E-state index contributed by atoms with van der Waals surface area (Å²) in [6.07, 6.45) is 2.50. The summed E-state index contributed by atoms with van der Waals surface area (Å²) in [5.41, 5.74) is 0. The van der Waals surface area contributed by atoms with Crippen LogP contribution in [-0.2, 0) is 9.47 Å². The predicted molar refractivity (Wildman–Crippen MR) is 57.6 cm³/mol. The Kier molecular flexibility index (Phi) is 12.9. The molecule has 0 aromatic carbocycles. The van der Waals surface area contributed by atoms with E-state index in [1.807, 2.05) is 0 Å². The van der Waals surface area contributed by atoms with Gasteiger partial charge in [0, 0.05) is 0 Å². The van der Waals surface area contributed by atoms with Gasteiger partial charge in [0.2, 0.25) is 0 Å². The Bertz CT molecular complexity index is 79.0. The Morgan fingerprint density at radius 1 is 0.846 bits per heavy atom. The van der Waals surface area contributed by atoms with E-state index in [0.717, 1.165) is 26.4 Å². The average Bonchev–Trinajstić information content (AvgIpc) is 2.16. The topological polar surface area (TPSA) is 18.5 Å². The van der Waals surface area contributed by atoms with E-state index in [9.17, 15) is 0 Å². The van der Waals surface area contributed by atoms with Crippen LogP contribution >= 0.6 is 0 Å². The second-order valence-corrected chi connectivity index (χ2v) is 4.70. The molecule has 0 aromatic rings. The van der Waals surface area contributed by atoms with Crippen molar-refractivity contribution in [3.8, 4) is 0 Å². The molecule has 0 aliphatic rings. The molecule has 0 spiro atoms. The standard InChI is InChI=1S/2C5H11O.Al/c2*1-3-5-6-4-2;/h2*1,3-5H2,2H3;/q;;+1. The summed E-state index contributed by atoms with van der Waals surface area (Å²) < 4.78 is 10.5. The van der Waals surface area contributed by atoms with E-state index >= 15 is 0 Å². The second kappa shape index (κ2) is 12.5. The Balaban J connectivity index is 2.76. The Morgan fingerprint density at radius 3 is 1.69 bits per heavy atom. The third-order valence-electron chi connectivity index (χ3n) is 1.80. The van der Waals surface area contributed by atoms with Gasteiger partial charge in [0.15, 0.2) is 0 Å². The van der Waals surface area contributed by atoms with Gasteiger partial charge in [-0.25, -0.2) is 0 Å². The number of hydrogen-bond donors (Lipinski definition) is 0. The minimum absolute atomic E-state index is 0.645. The van der Waals surface area contributed by atoms with E-state index in [1.54, 1.807) is 0 Å². The first-order valence-corrected chi connectivity index (χ1v) is 7.02. The van der Waals surface area contributed by atoms with Gasteiger partial charge in [-0.1, -0.05) is 0 Å².